The Hall–Kier alpha value is -3.15. The third-order valence-electron chi connectivity index (χ3n) is 5.30. The van der Waals surface area contributed by atoms with Crippen LogP contribution in [0.25, 0.3) is 0 Å². The van der Waals surface area contributed by atoms with Gasteiger partial charge in [-0.15, -0.1) is 0 Å². The van der Waals surface area contributed by atoms with E-state index in [1.54, 1.807) is 29.2 Å². The molecule has 2 aromatic rings. The number of amides is 2. The van der Waals surface area contributed by atoms with Gasteiger partial charge in [-0.05, 0) is 61.2 Å². The second-order valence-electron chi connectivity index (χ2n) is 8.18. The van der Waals surface area contributed by atoms with E-state index in [0.717, 1.165) is 16.8 Å². The number of ether oxygens (including phenoxy) is 1. The van der Waals surface area contributed by atoms with Gasteiger partial charge in [-0.1, -0.05) is 26.0 Å². The number of carbonyl (C=O) groups excluding carboxylic acids is 3. The molecule has 1 heterocycles. The van der Waals surface area contributed by atoms with Gasteiger partial charge >= 0.3 is 5.97 Å². The zero-order valence-electron chi connectivity index (χ0n) is 17.9. The topological polar surface area (TPSA) is 75.7 Å². The third kappa shape index (κ3) is 4.87. The molecule has 1 aliphatic heterocycles. The highest BCUT2D eigenvalue weighted by atomic mass is 16.5. The van der Waals surface area contributed by atoms with Crippen molar-refractivity contribution >= 4 is 29.2 Å². The minimum Gasteiger partial charge on any atom is -0.462 e. The molecule has 0 saturated carbocycles. The molecule has 2 amide bonds. The molecule has 3 rings (SSSR count). The van der Waals surface area contributed by atoms with Crippen LogP contribution < -0.4 is 10.2 Å². The van der Waals surface area contributed by atoms with Crippen LogP contribution in [-0.4, -0.2) is 30.9 Å². The predicted octanol–water partition coefficient (Wildman–Crippen LogP) is 4.11. The van der Waals surface area contributed by atoms with Crippen LogP contribution in [-0.2, 0) is 14.3 Å². The van der Waals surface area contributed by atoms with Gasteiger partial charge in [0.05, 0.1) is 18.1 Å². The average molecular weight is 408 g/mol. The molecule has 2 aromatic carbocycles. The van der Waals surface area contributed by atoms with Gasteiger partial charge in [0.15, 0.2) is 0 Å². The molecule has 1 fully saturated rings. The minimum absolute atomic E-state index is 0.0490. The van der Waals surface area contributed by atoms with Crippen molar-refractivity contribution in [3.05, 3.63) is 59.2 Å². The van der Waals surface area contributed by atoms with Crippen molar-refractivity contribution in [2.75, 3.05) is 23.4 Å². The zero-order chi connectivity index (χ0) is 21.8. The lowest BCUT2D eigenvalue weighted by atomic mass is 10.1. The van der Waals surface area contributed by atoms with Crippen molar-refractivity contribution in [3.63, 3.8) is 0 Å². The van der Waals surface area contributed by atoms with Crippen molar-refractivity contribution in [1.82, 2.24) is 0 Å². The molecule has 0 spiro atoms. The van der Waals surface area contributed by atoms with E-state index in [-0.39, 0.29) is 30.1 Å². The number of hydrogen-bond acceptors (Lipinski definition) is 4. The molecule has 0 aromatic heterocycles. The van der Waals surface area contributed by atoms with Gasteiger partial charge in [-0.25, -0.2) is 4.79 Å². The van der Waals surface area contributed by atoms with Gasteiger partial charge in [0.1, 0.15) is 0 Å². The summed E-state index contributed by atoms with van der Waals surface area (Å²) < 4.78 is 5.21. The number of rotatable bonds is 6. The lowest BCUT2D eigenvalue weighted by Crippen LogP contribution is -2.28. The Morgan fingerprint density at radius 3 is 2.50 bits per heavy atom. The van der Waals surface area contributed by atoms with E-state index in [9.17, 15) is 14.4 Å². The molecule has 1 atom stereocenters. The Labute approximate surface area is 177 Å². The highest BCUT2D eigenvalue weighted by Gasteiger charge is 2.35. The number of aryl methyl sites for hydroxylation is 1. The summed E-state index contributed by atoms with van der Waals surface area (Å²) in [7, 11) is 0. The maximum atomic E-state index is 12.7. The monoisotopic (exact) mass is 408 g/mol. The van der Waals surface area contributed by atoms with Crippen molar-refractivity contribution in [3.8, 4) is 0 Å². The normalized spacial score (nSPS) is 16.1. The molecular formula is C24H28N2O4. The molecule has 0 aliphatic carbocycles. The van der Waals surface area contributed by atoms with Crippen LogP contribution in [0.3, 0.4) is 0 Å². The third-order valence-corrected chi connectivity index (χ3v) is 5.30. The first-order chi connectivity index (χ1) is 14.3. The standard InChI is InChI=1S/C24H28N2O4/c1-15(2)14-30-24(29)18-8-10-20(11-9-18)25-23(28)19-12-22(27)26(13-19)21-7-5-6-16(3)17(21)4/h5-11,15,19H,12-14H2,1-4H3,(H,25,28)/t19-/m1/s1. The molecule has 1 saturated heterocycles. The molecular weight excluding hydrogens is 380 g/mol. The molecule has 158 valence electrons. The van der Waals surface area contributed by atoms with Crippen LogP contribution in [0.2, 0.25) is 0 Å². The van der Waals surface area contributed by atoms with E-state index >= 15 is 0 Å². The molecule has 6 nitrogen and oxygen atoms in total. The maximum Gasteiger partial charge on any atom is 0.338 e. The smallest absolute Gasteiger partial charge is 0.338 e. The second-order valence-corrected chi connectivity index (χ2v) is 8.18. The lowest BCUT2D eigenvalue weighted by Gasteiger charge is -2.20. The fourth-order valence-corrected chi connectivity index (χ4v) is 3.40. The molecule has 30 heavy (non-hydrogen) atoms. The zero-order valence-corrected chi connectivity index (χ0v) is 17.9. The van der Waals surface area contributed by atoms with Crippen LogP contribution >= 0.6 is 0 Å². The van der Waals surface area contributed by atoms with Gasteiger partial charge in [0, 0.05) is 24.3 Å². The Morgan fingerprint density at radius 2 is 1.83 bits per heavy atom. The van der Waals surface area contributed by atoms with Crippen molar-refractivity contribution in [2.45, 2.75) is 34.1 Å². The Bertz CT molecular complexity index is 950. The number of anilines is 2. The largest absolute Gasteiger partial charge is 0.462 e. The van der Waals surface area contributed by atoms with E-state index in [4.69, 9.17) is 4.74 Å². The van der Waals surface area contributed by atoms with E-state index in [2.05, 4.69) is 5.32 Å². The van der Waals surface area contributed by atoms with Gasteiger partial charge in [-0.2, -0.15) is 0 Å². The summed E-state index contributed by atoms with van der Waals surface area (Å²) in [5.74, 6) is -0.789. The fraction of sp³-hybridized carbons (Fsp3) is 0.375. The lowest BCUT2D eigenvalue weighted by molar-refractivity contribution is -0.122. The highest BCUT2D eigenvalue weighted by molar-refractivity contribution is 6.04. The average Bonchev–Trinajstić information content (AvgIpc) is 3.10. The van der Waals surface area contributed by atoms with E-state index in [1.807, 2.05) is 45.9 Å². The first kappa shape index (κ1) is 21.6. The number of nitrogens with zero attached hydrogens (tertiary/aromatic N) is 1. The number of esters is 1. The first-order valence-corrected chi connectivity index (χ1v) is 10.2. The first-order valence-electron chi connectivity index (χ1n) is 10.2. The second kappa shape index (κ2) is 9.11. The van der Waals surface area contributed by atoms with Gasteiger partial charge in [0.25, 0.3) is 0 Å². The Kier molecular flexibility index (Phi) is 6.55. The van der Waals surface area contributed by atoms with Crippen molar-refractivity contribution in [2.24, 2.45) is 11.8 Å². The molecule has 0 radical (unpaired) electrons. The van der Waals surface area contributed by atoms with E-state index in [0.29, 0.717) is 24.4 Å². The molecule has 0 unspecified atom stereocenters. The van der Waals surface area contributed by atoms with Crippen LogP contribution in [0, 0.1) is 25.7 Å². The van der Waals surface area contributed by atoms with Crippen LogP contribution in [0.4, 0.5) is 11.4 Å². The summed E-state index contributed by atoms with van der Waals surface area (Å²) in [5, 5.41) is 2.85. The predicted molar refractivity (Wildman–Crippen MR) is 117 cm³/mol. The number of hydrogen-bond donors (Lipinski definition) is 1. The number of nitrogens with one attached hydrogen (secondary N) is 1. The van der Waals surface area contributed by atoms with Crippen molar-refractivity contribution in [1.29, 1.82) is 0 Å². The van der Waals surface area contributed by atoms with Gasteiger partial charge < -0.3 is 15.0 Å². The van der Waals surface area contributed by atoms with Crippen molar-refractivity contribution < 1.29 is 19.1 Å². The number of benzene rings is 2. The maximum absolute atomic E-state index is 12.7. The van der Waals surface area contributed by atoms with Gasteiger partial charge in [-0.3, -0.25) is 9.59 Å². The quantitative estimate of drug-likeness (QED) is 0.730. The highest BCUT2D eigenvalue weighted by Crippen LogP contribution is 2.30. The number of carbonyl (C=O) groups is 3. The summed E-state index contributed by atoms with van der Waals surface area (Å²) in [6.07, 6.45) is 0.179. The summed E-state index contributed by atoms with van der Waals surface area (Å²) in [4.78, 5) is 38.9. The molecule has 1 aliphatic rings. The Morgan fingerprint density at radius 1 is 1.13 bits per heavy atom. The molecule has 1 N–H and O–H groups in total. The summed E-state index contributed by atoms with van der Waals surface area (Å²) in [5.41, 5.74) is 4.04. The molecule has 6 heteroatoms. The summed E-state index contributed by atoms with van der Waals surface area (Å²) >= 11 is 0. The summed E-state index contributed by atoms with van der Waals surface area (Å²) in [6.45, 7) is 8.66. The van der Waals surface area contributed by atoms with E-state index in [1.165, 1.54) is 0 Å². The summed E-state index contributed by atoms with van der Waals surface area (Å²) in [6, 6.07) is 12.4. The Balaban J connectivity index is 1.62. The minimum atomic E-state index is -0.423. The van der Waals surface area contributed by atoms with Crippen LogP contribution in [0.1, 0.15) is 41.8 Å². The van der Waals surface area contributed by atoms with Crippen LogP contribution in [0.15, 0.2) is 42.5 Å². The van der Waals surface area contributed by atoms with E-state index < -0.39 is 5.92 Å². The van der Waals surface area contributed by atoms with Crippen LogP contribution in [0.5, 0.6) is 0 Å². The van der Waals surface area contributed by atoms with Gasteiger partial charge in [0.2, 0.25) is 11.8 Å². The SMILES string of the molecule is Cc1cccc(N2C[C@H](C(=O)Nc3ccc(C(=O)OCC(C)C)cc3)CC2=O)c1C. The fourth-order valence-electron chi connectivity index (χ4n) is 3.40. The molecule has 0 bridgehead atoms.